The molecule has 0 fully saturated rings. The molecule has 0 N–H and O–H groups in total. The Morgan fingerprint density at radius 2 is 2.56 bits per heavy atom. The van der Waals surface area contributed by atoms with Gasteiger partial charge in [-0.2, -0.15) is 5.11 Å². The van der Waals surface area contributed by atoms with E-state index in [0.717, 1.165) is 6.42 Å². The Morgan fingerprint density at radius 3 is 3.00 bits per heavy atom. The van der Waals surface area contributed by atoms with Crippen LogP contribution >= 0.6 is 0 Å². The van der Waals surface area contributed by atoms with Crippen molar-refractivity contribution >= 4 is 5.91 Å². The van der Waals surface area contributed by atoms with E-state index in [1.165, 1.54) is 0 Å². The molecule has 1 heterocycles. The summed E-state index contributed by atoms with van der Waals surface area (Å²) in [7, 11) is 0. The lowest BCUT2D eigenvalue weighted by atomic mass is 10.1. The minimum atomic E-state index is -0.125. The molecule has 0 aliphatic carbocycles. The molecule has 0 spiro atoms. The number of nitrogens with zero attached hydrogens (tertiary/aromatic N) is 2. The monoisotopic (exact) mass is 124 g/mol. The summed E-state index contributed by atoms with van der Waals surface area (Å²) in [4.78, 5) is 10.7. The van der Waals surface area contributed by atoms with Crippen molar-refractivity contribution in [2.45, 2.75) is 13.3 Å². The van der Waals surface area contributed by atoms with Crippen molar-refractivity contribution in [1.29, 1.82) is 0 Å². The molecule has 0 saturated heterocycles. The van der Waals surface area contributed by atoms with E-state index in [4.69, 9.17) is 0 Å². The molecule has 1 rings (SSSR count). The highest BCUT2D eigenvalue weighted by Gasteiger charge is 2.13. The third-order valence-electron chi connectivity index (χ3n) is 1.30. The Bertz CT molecular complexity index is 172. The maximum Gasteiger partial charge on any atom is 0.271 e. The second-order valence-electron chi connectivity index (χ2n) is 1.91. The summed E-state index contributed by atoms with van der Waals surface area (Å²) in [6.07, 6.45) is 4.15. The predicted octanol–water partition coefficient (Wildman–Crippen LogP) is 1.52. The second kappa shape index (κ2) is 2.53. The van der Waals surface area contributed by atoms with Gasteiger partial charge >= 0.3 is 0 Å². The minimum absolute atomic E-state index is 0.0255. The summed E-state index contributed by atoms with van der Waals surface area (Å²) >= 11 is 0. The fourth-order valence-electron chi connectivity index (χ4n) is 0.700. The zero-order chi connectivity index (χ0) is 6.69. The number of rotatable bonds is 1. The van der Waals surface area contributed by atoms with Crippen LogP contribution in [-0.2, 0) is 4.79 Å². The summed E-state index contributed by atoms with van der Waals surface area (Å²) in [6.45, 7) is 1.95. The third-order valence-corrected chi connectivity index (χ3v) is 1.30. The van der Waals surface area contributed by atoms with Crippen LogP contribution in [0.5, 0.6) is 0 Å². The molecule has 0 radical (unpaired) electrons. The first-order valence-corrected chi connectivity index (χ1v) is 2.96. The molecule has 0 bridgehead atoms. The van der Waals surface area contributed by atoms with Crippen molar-refractivity contribution in [1.82, 2.24) is 0 Å². The van der Waals surface area contributed by atoms with Crippen molar-refractivity contribution in [2.75, 3.05) is 0 Å². The van der Waals surface area contributed by atoms with Gasteiger partial charge in [-0.05, 0) is 6.42 Å². The molecule has 1 amide bonds. The van der Waals surface area contributed by atoms with E-state index in [9.17, 15) is 4.79 Å². The van der Waals surface area contributed by atoms with E-state index in [0.29, 0.717) is 0 Å². The van der Waals surface area contributed by atoms with E-state index < -0.39 is 0 Å². The molecule has 0 aromatic carbocycles. The molecular formula is C6H8N2O. The normalized spacial score (nSPS) is 25.0. The van der Waals surface area contributed by atoms with Crippen molar-refractivity contribution < 1.29 is 4.79 Å². The third kappa shape index (κ3) is 1.22. The zero-order valence-corrected chi connectivity index (χ0v) is 5.24. The van der Waals surface area contributed by atoms with Crippen molar-refractivity contribution in [2.24, 2.45) is 16.1 Å². The molecule has 1 unspecified atom stereocenters. The van der Waals surface area contributed by atoms with Crippen LogP contribution in [0.1, 0.15) is 13.3 Å². The van der Waals surface area contributed by atoms with Crippen LogP contribution in [0.3, 0.4) is 0 Å². The Kier molecular flexibility index (Phi) is 1.72. The topological polar surface area (TPSA) is 41.8 Å². The highest BCUT2D eigenvalue weighted by Crippen LogP contribution is 2.10. The van der Waals surface area contributed by atoms with Crippen LogP contribution in [0, 0.1) is 5.92 Å². The lowest BCUT2D eigenvalue weighted by molar-refractivity contribution is -0.121. The molecule has 9 heavy (non-hydrogen) atoms. The Balaban J connectivity index is 2.66. The molecular weight excluding hydrogens is 116 g/mol. The van der Waals surface area contributed by atoms with Crippen LogP contribution in [0.2, 0.25) is 0 Å². The second-order valence-corrected chi connectivity index (χ2v) is 1.91. The maximum atomic E-state index is 10.7. The lowest BCUT2D eigenvalue weighted by Gasteiger charge is -2.04. The SMILES string of the molecule is CCC1C=CN=NC1=O. The molecule has 1 aliphatic rings. The van der Waals surface area contributed by atoms with Crippen LogP contribution in [0.4, 0.5) is 0 Å². The van der Waals surface area contributed by atoms with Crippen molar-refractivity contribution in [3.63, 3.8) is 0 Å². The van der Waals surface area contributed by atoms with E-state index in [2.05, 4.69) is 10.2 Å². The van der Waals surface area contributed by atoms with Crippen molar-refractivity contribution in [3.8, 4) is 0 Å². The largest absolute Gasteiger partial charge is 0.271 e. The van der Waals surface area contributed by atoms with Gasteiger partial charge in [0.1, 0.15) is 0 Å². The van der Waals surface area contributed by atoms with E-state index in [1.54, 1.807) is 12.3 Å². The number of hydrogen-bond acceptors (Lipinski definition) is 2. The Labute approximate surface area is 53.5 Å². The molecule has 3 heteroatoms. The highest BCUT2D eigenvalue weighted by molar-refractivity contribution is 5.81. The molecule has 3 nitrogen and oxygen atoms in total. The van der Waals surface area contributed by atoms with Gasteiger partial charge in [0.05, 0.1) is 5.92 Å². The Hall–Kier alpha value is -0.990. The first kappa shape index (κ1) is 6.13. The molecule has 48 valence electrons. The number of amides is 1. The fraction of sp³-hybridized carbons (Fsp3) is 0.500. The summed E-state index contributed by atoms with van der Waals surface area (Å²) in [6, 6.07) is 0. The number of azo groups is 1. The van der Waals surface area contributed by atoms with Gasteiger partial charge < -0.3 is 0 Å². The molecule has 0 saturated carbocycles. The maximum absolute atomic E-state index is 10.7. The van der Waals surface area contributed by atoms with E-state index in [1.807, 2.05) is 6.92 Å². The minimum Gasteiger partial charge on any atom is -0.270 e. The van der Waals surface area contributed by atoms with Gasteiger partial charge in [0.2, 0.25) is 0 Å². The lowest BCUT2D eigenvalue weighted by Crippen LogP contribution is -2.09. The van der Waals surface area contributed by atoms with E-state index in [-0.39, 0.29) is 11.8 Å². The van der Waals surface area contributed by atoms with Gasteiger partial charge in [0.15, 0.2) is 0 Å². The predicted molar refractivity (Wildman–Crippen MR) is 32.8 cm³/mol. The average Bonchev–Trinajstić information content (AvgIpc) is 1.89. The standard InChI is InChI=1S/C6H8N2O/c1-2-5-3-4-7-8-6(5)9/h3-5H,2H2,1H3. The first-order chi connectivity index (χ1) is 4.34. The summed E-state index contributed by atoms with van der Waals surface area (Å²) < 4.78 is 0. The molecule has 0 aromatic rings. The fourth-order valence-corrected chi connectivity index (χ4v) is 0.700. The Morgan fingerprint density at radius 1 is 1.78 bits per heavy atom. The summed E-state index contributed by atoms with van der Waals surface area (Å²) in [5, 5.41) is 6.83. The van der Waals surface area contributed by atoms with Gasteiger partial charge in [-0.25, -0.2) is 0 Å². The first-order valence-electron chi connectivity index (χ1n) is 2.96. The van der Waals surface area contributed by atoms with Gasteiger partial charge in [-0.1, -0.05) is 13.0 Å². The van der Waals surface area contributed by atoms with Crippen LogP contribution in [0.15, 0.2) is 22.5 Å². The summed E-state index contributed by atoms with van der Waals surface area (Å²) in [5.74, 6) is -0.150. The van der Waals surface area contributed by atoms with Gasteiger partial charge in [-0.3, -0.25) is 4.79 Å². The highest BCUT2D eigenvalue weighted by atomic mass is 16.1. The molecule has 1 aliphatic heterocycles. The molecule has 1 atom stereocenters. The number of carbonyl (C=O) groups excluding carboxylic acids is 1. The number of hydrogen-bond donors (Lipinski definition) is 0. The van der Waals surface area contributed by atoms with Gasteiger partial charge in [0.25, 0.3) is 5.91 Å². The average molecular weight is 124 g/mol. The smallest absolute Gasteiger partial charge is 0.270 e. The van der Waals surface area contributed by atoms with Crippen molar-refractivity contribution in [3.05, 3.63) is 12.3 Å². The van der Waals surface area contributed by atoms with Crippen LogP contribution < -0.4 is 0 Å². The number of carbonyl (C=O) groups is 1. The van der Waals surface area contributed by atoms with Crippen LogP contribution in [0.25, 0.3) is 0 Å². The van der Waals surface area contributed by atoms with Gasteiger partial charge in [-0.15, -0.1) is 5.11 Å². The molecule has 0 aromatic heterocycles. The van der Waals surface area contributed by atoms with E-state index >= 15 is 0 Å². The van der Waals surface area contributed by atoms with Crippen LogP contribution in [-0.4, -0.2) is 5.91 Å². The summed E-state index contributed by atoms with van der Waals surface area (Å²) in [5.41, 5.74) is 0. The van der Waals surface area contributed by atoms with Gasteiger partial charge in [0, 0.05) is 6.20 Å². The quantitative estimate of drug-likeness (QED) is 0.522. The zero-order valence-electron chi connectivity index (χ0n) is 5.24.